The lowest BCUT2D eigenvalue weighted by molar-refractivity contribution is -0.384. The van der Waals surface area contributed by atoms with Gasteiger partial charge in [0.15, 0.2) is 0 Å². The monoisotopic (exact) mass is 338 g/mol. The molecule has 6 nitrogen and oxygen atoms in total. The summed E-state index contributed by atoms with van der Waals surface area (Å²) in [5, 5.41) is 18.4. The molecule has 1 heterocycles. The molecule has 2 rings (SSSR count). The van der Waals surface area contributed by atoms with Crippen molar-refractivity contribution in [3.05, 3.63) is 50.2 Å². The van der Waals surface area contributed by atoms with Crippen molar-refractivity contribution >= 4 is 27.3 Å². The van der Waals surface area contributed by atoms with E-state index >= 15 is 0 Å². The highest BCUT2D eigenvalue weighted by atomic mass is 79.9. The predicted octanol–water partition coefficient (Wildman–Crippen LogP) is 3.27. The van der Waals surface area contributed by atoms with Crippen LogP contribution in [0.5, 0.6) is 0 Å². The molecule has 20 heavy (non-hydrogen) atoms. The highest BCUT2D eigenvalue weighted by Gasteiger charge is 2.10. The minimum atomic E-state index is -0.404. The first-order chi connectivity index (χ1) is 9.51. The van der Waals surface area contributed by atoms with Crippen LogP contribution >= 0.6 is 15.9 Å². The van der Waals surface area contributed by atoms with E-state index in [0.717, 1.165) is 27.8 Å². The van der Waals surface area contributed by atoms with Crippen LogP contribution < -0.4 is 5.32 Å². The molecule has 0 aliphatic rings. The average molecular weight is 339 g/mol. The number of nitro benzene ring substituents is 1. The smallest absolute Gasteiger partial charge is 0.270 e. The number of nitro groups is 1. The van der Waals surface area contributed by atoms with E-state index < -0.39 is 4.92 Å². The summed E-state index contributed by atoms with van der Waals surface area (Å²) >= 11 is 3.36. The summed E-state index contributed by atoms with van der Waals surface area (Å²) in [7, 11) is 1.88. The van der Waals surface area contributed by atoms with Crippen LogP contribution in [0.25, 0.3) is 0 Å². The quantitative estimate of drug-likeness (QED) is 0.670. The Morgan fingerprint density at radius 2 is 2.25 bits per heavy atom. The van der Waals surface area contributed by atoms with Crippen LogP contribution in [-0.4, -0.2) is 14.7 Å². The van der Waals surface area contributed by atoms with E-state index in [1.165, 1.54) is 12.1 Å². The number of rotatable bonds is 5. The number of non-ortho nitro benzene ring substituents is 1. The predicted molar refractivity (Wildman–Crippen MR) is 80.7 cm³/mol. The Labute approximate surface area is 125 Å². The molecule has 0 amide bonds. The van der Waals surface area contributed by atoms with E-state index in [0.29, 0.717) is 6.54 Å². The van der Waals surface area contributed by atoms with Crippen molar-refractivity contribution in [2.45, 2.75) is 19.9 Å². The first-order valence-corrected chi connectivity index (χ1v) is 6.99. The third-order valence-electron chi connectivity index (χ3n) is 2.96. The van der Waals surface area contributed by atoms with Gasteiger partial charge in [0.1, 0.15) is 0 Å². The van der Waals surface area contributed by atoms with E-state index in [9.17, 15) is 10.1 Å². The van der Waals surface area contributed by atoms with Gasteiger partial charge in [0.25, 0.3) is 5.69 Å². The summed E-state index contributed by atoms with van der Waals surface area (Å²) in [6, 6.07) is 4.77. The van der Waals surface area contributed by atoms with Crippen LogP contribution in [0.2, 0.25) is 0 Å². The van der Waals surface area contributed by atoms with Gasteiger partial charge in [0, 0.05) is 36.4 Å². The van der Waals surface area contributed by atoms with Gasteiger partial charge in [-0.3, -0.25) is 14.8 Å². The van der Waals surface area contributed by atoms with Crippen molar-refractivity contribution in [1.82, 2.24) is 9.78 Å². The zero-order chi connectivity index (χ0) is 14.7. The van der Waals surface area contributed by atoms with Crippen molar-refractivity contribution in [1.29, 1.82) is 0 Å². The average Bonchev–Trinajstić information content (AvgIpc) is 2.77. The molecular formula is C13H15BrN4O2. The minimum Gasteiger partial charge on any atom is -0.378 e. The summed E-state index contributed by atoms with van der Waals surface area (Å²) in [6.45, 7) is 2.63. The second-order valence-corrected chi connectivity index (χ2v) is 5.26. The fraction of sp³-hybridized carbons (Fsp3) is 0.308. The van der Waals surface area contributed by atoms with Crippen molar-refractivity contribution in [3.63, 3.8) is 0 Å². The van der Waals surface area contributed by atoms with Crippen LogP contribution in [0.1, 0.15) is 18.2 Å². The maximum Gasteiger partial charge on any atom is 0.270 e. The first kappa shape index (κ1) is 14.5. The van der Waals surface area contributed by atoms with E-state index in [1.807, 2.05) is 13.2 Å². The molecule has 2 aromatic rings. The molecule has 0 fully saturated rings. The zero-order valence-corrected chi connectivity index (χ0v) is 12.8. The van der Waals surface area contributed by atoms with Crippen LogP contribution in [0.3, 0.4) is 0 Å². The summed E-state index contributed by atoms with van der Waals surface area (Å²) in [5.41, 5.74) is 3.03. The topological polar surface area (TPSA) is 73.0 Å². The fourth-order valence-electron chi connectivity index (χ4n) is 1.93. The summed E-state index contributed by atoms with van der Waals surface area (Å²) in [4.78, 5) is 10.3. The number of aromatic nitrogens is 2. The number of hydrogen-bond donors (Lipinski definition) is 1. The largest absolute Gasteiger partial charge is 0.378 e. The van der Waals surface area contributed by atoms with Crippen LogP contribution in [-0.2, 0) is 20.0 Å². The SMILES string of the molecule is CCc1nn(C)cc1NCc1ccc([N+](=O)[O-])cc1Br. The Balaban J connectivity index is 2.12. The van der Waals surface area contributed by atoms with Crippen LogP contribution in [0.15, 0.2) is 28.9 Å². The second kappa shape index (κ2) is 6.04. The third kappa shape index (κ3) is 3.16. The van der Waals surface area contributed by atoms with Crippen molar-refractivity contribution in [2.24, 2.45) is 7.05 Å². The molecule has 7 heteroatoms. The molecule has 0 aliphatic carbocycles. The molecule has 0 aliphatic heterocycles. The lowest BCUT2D eigenvalue weighted by Crippen LogP contribution is -2.02. The van der Waals surface area contributed by atoms with Gasteiger partial charge in [-0.15, -0.1) is 0 Å². The molecule has 0 bridgehead atoms. The van der Waals surface area contributed by atoms with Crippen LogP contribution in [0, 0.1) is 10.1 Å². The highest BCUT2D eigenvalue weighted by Crippen LogP contribution is 2.24. The minimum absolute atomic E-state index is 0.0799. The highest BCUT2D eigenvalue weighted by molar-refractivity contribution is 9.10. The standard InChI is InChI=1S/C13H15BrN4O2/c1-3-12-13(8-17(2)16-12)15-7-9-4-5-10(18(19)20)6-11(9)14/h4-6,8,15H,3,7H2,1-2H3. The van der Waals surface area contributed by atoms with Gasteiger partial charge in [-0.25, -0.2) is 0 Å². The lowest BCUT2D eigenvalue weighted by atomic mass is 10.2. The molecule has 0 spiro atoms. The summed E-state index contributed by atoms with van der Waals surface area (Å²) in [5.74, 6) is 0. The lowest BCUT2D eigenvalue weighted by Gasteiger charge is -2.07. The molecule has 1 N–H and O–H groups in total. The number of benzene rings is 1. The normalized spacial score (nSPS) is 10.6. The molecule has 0 unspecified atom stereocenters. The number of nitrogens with zero attached hydrogens (tertiary/aromatic N) is 3. The Morgan fingerprint density at radius 3 is 2.85 bits per heavy atom. The number of nitrogens with one attached hydrogen (secondary N) is 1. The molecule has 0 saturated heterocycles. The number of aryl methyl sites for hydroxylation is 2. The van der Waals surface area contributed by atoms with Crippen molar-refractivity contribution in [3.8, 4) is 0 Å². The Bertz CT molecular complexity index is 639. The Kier molecular flexibility index (Phi) is 4.39. The Morgan fingerprint density at radius 1 is 1.50 bits per heavy atom. The number of halogens is 1. The van der Waals surface area contributed by atoms with Crippen molar-refractivity contribution in [2.75, 3.05) is 5.32 Å². The third-order valence-corrected chi connectivity index (χ3v) is 3.70. The van der Waals surface area contributed by atoms with E-state index in [2.05, 4.69) is 33.3 Å². The van der Waals surface area contributed by atoms with Gasteiger partial charge >= 0.3 is 0 Å². The van der Waals surface area contributed by atoms with Gasteiger partial charge in [-0.05, 0) is 18.1 Å². The molecule has 0 saturated carbocycles. The van der Waals surface area contributed by atoms with Gasteiger partial charge in [-0.1, -0.05) is 22.9 Å². The molecule has 0 radical (unpaired) electrons. The molecule has 1 aromatic carbocycles. The Hall–Kier alpha value is -1.89. The van der Waals surface area contributed by atoms with E-state index in [4.69, 9.17) is 0 Å². The van der Waals surface area contributed by atoms with Gasteiger partial charge in [-0.2, -0.15) is 5.10 Å². The second-order valence-electron chi connectivity index (χ2n) is 4.40. The summed E-state index contributed by atoms with van der Waals surface area (Å²) < 4.78 is 2.49. The maximum atomic E-state index is 10.7. The van der Waals surface area contributed by atoms with E-state index in [-0.39, 0.29) is 5.69 Å². The van der Waals surface area contributed by atoms with Crippen molar-refractivity contribution < 1.29 is 4.92 Å². The molecular weight excluding hydrogens is 324 g/mol. The molecule has 1 aromatic heterocycles. The maximum absolute atomic E-state index is 10.7. The van der Waals surface area contributed by atoms with Gasteiger partial charge in [0.05, 0.1) is 16.3 Å². The van der Waals surface area contributed by atoms with Gasteiger partial charge < -0.3 is 5.32 Å². The van der Waals surface area contributed by atoms with Crippen LogP contribution in [0.4, 0.5) is 11.4 Å². The zero-order valence-electron chi connectivity index (χ0n) is 11.3. The van der Waals surface area contributed by atoms with E-state index in [1.54, 1.807) is 10.7 Å². The van der Waals surface area contributed by atoms with Gasteiger partial charge in [0.2, 0.25) is 0 Å². The first-order valence-electron chi connectivity index (χ1n) is 6.20. The number of hydrogen-bond acceptors (Lipinski definition) is 4. The summed E-state index contributed by atoms with van der Waals surface area (Å²) in [6.07, 6.45) is 2.78. The molecule has 0 atom stereocenters. The number of anilines is 1. The molecule has 106 valence electrons. The fourth-order valence-corrected chi connectivity index (χ4v) is 2.43.